The quantitative estimate of drug-likeness (QED) is 0.300. The van der Waals surface area contributed by atoms with E-state index >= 15 is 0 Å². The van der Waals surface area contributed by atoms with Crippen LogP contribution in [0.15, 0.2) is 60.7 Å². The highest BCUT2D eigenvalue weighted by molar-refractivity contribution is 6.10. The Morgan fingerprint density at radius 3 is 2.04 bits per heavy atom. The summed E-state index contributed by atoms with van der Waals surface area (Å²) in [5, 5.41) is 3.56. The van der Waals surface area contributed by atoms with Crippen molar-refractivity contribution >= 4 is 33.1 Å². The average Bonchev–Trinajstić information content (AvgIpc) is 2.61. The van der Waals surface area contributed by atoms with Gasteiger partial charge in [0.2, 0.25) is 11.2 Å². The molecule has 3 nitrogen and oxygen atoms in total. The fourth-order valence-electron chi connectivity index (χ4n) is 3.61. The molecule has 0 aliphatic heterocycles. The Bertz CT molecular complexity index is 1100. The van der Waals surface area contributed by atoms with Crippen LogP contribution >= 0.6 is 0 Å². The number of nitrogens with zero attached hydrogens (tertiary/aromatic N) is 1. The van der Waals surface area contributed by atoms with Crippen molar-refractivity contribution in [2.75, 3.05) is 11.5 Å². The Morgan fingerprint density at radius 2 is 1.38 bits per heavy atom. The van der Waals surface area contributed by atoms with Crippen molar-refractivity contribution in [3.63, 3.8) is 0 Å². The largest absolute Gasteiger partial charge is 1.00 e. The van der Waals surface area contributed by atoms with E-state index in [1.165, 1.54) is 33.0 Å². The molecular formula is C22H22BrN3. The Labute approximate surface area is 164 Å². The lowest BCUT2D eigenvalue weighted by Gasteiger charge is -2.12. The van der Waals surface area contributed by atoms with Gasteiger partial charge in [0.15, 0.2) is 0 Å². The van der Waals surface area contributed by atoms with Crippen molar-refractivity contribution in [3.8, 4) is 11.3 Å². The van der Waals surface area contributed by atoms with Crippen LogP contribution < -0.4 is 33.0 Å². The van der Waals surface area contributed by atoms with Crippen LogP contribution in [0.2, 0.25) is 0 Å². The summed E-state index contributed by atoms with van der Waals surface area (Å²) in [6.45, 7) is 5.13. The lowest BCUT2D eigenvalue weighted by molar-refractivity contribution is -0.655. The summed E-state index contributed by atoms with van der Waals surface area (Å²) < 4.78 is 2.33. The number of rotatable bonds is 2. The molecular weight excluding hydrogens is 386 g/mol. The highest BCUT2D eigenvalue weighted by atomic mass is 79.9. The van der Waals surface area contributed by atoms with E-state index in [4.69, 9.17) is 11.5 Å². The maximum absolute atomic E-state index is 6.13. The van der Waals surface area contributed by atoms with Crippen molar-refractivity contribution in [3.05, 3.63) is 66.2 Å². The Kier molecular flexibility index (Phi) is 4.88. The van der Waals surface area contributed by atoms with Crippen molar-refractivity contribution in [1.29, 1.82) is 0 Å². The number of nitrogen functional groups attached to an aromatic ring is 2. The summed E-state index contributed by atoms with van der Waals surface area (Å²) >= 11 is 0. The maximum atomic E-state index is 6.13. The number of nitrogens with two attached hydrogens (primary N) is 2. The SMILES string of the molecule is CC[n+]1c(-c2ccc(C)cc2)c2cc(N)ccc2c2ccc(N)cc21.[Br-]. The first-order valence-electron chi connectivity index (χ1n) is 8.60. The fourth-order valence-corrected chi connectivity index (χ4v) is 3.61. The number of anilines is 2. The Hall–Kier alpha value is -2.59. The smallest absolute Gasteiger partial charge is 0.220 e. The summed E-state index contributed by atoms with van der Waals surface area (Å²) in [7, 11) is 0. The molecule has 0 saturated carbocycles. The molecule has 0 saturated heterocycles. The first-order valence-corrected chi connectivity index (χ1v) is 8.60. The molecule has 0 radical (unpaired) electrons. The van der Waals surface area contributed by atoms with E-state index < -0.39 is 0 Å². The molecule has 0 aliphatic rings. The van der Waals surface area contributed by atoms with Gasteiger partial charge in [-0.2, -0.15) is 4.57 Å². The summed E-state index contributed by atoms with van der Waals surface area (Å²) in [5.41, 5.74) is 18.5. The minimum Gasteiger partial charge on any atom is -1.00 e. The molecule has 26 heavy (non-hydrogen) atoms. The van der Waals surface area contributed by atoms with Gasteiger partial charge in [-0.05, 0) is 50.2 Å². The van der Waals surface area contributed by atoms with Gasteiger partial charge < -0.3 is 28.4 Å². The van der Waals surface area contributed by atoms with E-state index in [2.05, 4.69) is 66.9 Å². The fraction of sp³-hybridized carbons (Fsp3) is 0.136. The van der Waals surface area contributed by atoms with E-state index in [0.717, 1.165) is 23.4 Å². The summed E-state index contributed by atoms with van der Waals surface area (Å²) in [4.78, 5) is 0. The van der Waals surface area contributed by atoms with Crippen molar-refractivity contribution in [2.24, 2.45) is 0 Å². The van der Waals surface area contributed by atoms with E-state index in [1.807, 2.05) is 12.1 Å². The van der Waals surface area contributed by atoms with Crippen LogP contribution in [-0.2, 0) is 6.54 Å². The van der Waals surface area contributed by atoms with Crippen molar-refractivity contribution in [2.45, 2.75) is 20.4 Å². The third kappa shape index (κ3) is 2.90. The van der Waals surface area contributed by atoms with Gasteiger partial charge in [-0.25, -0.2) is 0 Å². The van der Waals surface area contributed by atoms with Crippen LogP contribution in [0.4, 0.5) is 11.4 Å². The number of benzene rings is 3. The number of aromatic nitrogens is 1. The summed E-state index contributed by atoms with van der Waals surface area (Å²) in [6.07, 6.45) is 0. The monoisotopic (exact) mass is 407 g/mol. The molecule has 4 N–H and O–H groups in total. The zero-order chi connectivity index (χ0) is 17.6. The molecule has 1 aromatic heterocycles. The second-order valence-electron chi connectivity index (χ2n) is 6.54. The standard InChI is InChI=1S/C22H21N3.BrH/c1-3-25-21-13-17(24)9-11-19(21)18-10-8-16(23)12-20(18)22(25)15-6-4-14(2)5-7-15;/h4-13,24H,3,23H2,1-2H3;1H. The minimum atomic E-state index is 0. The van der Waals surface area contributed by atoms with Gasteiger partial charge in [0, 0.05) is 28.4 Å². The second-order valence-corrected chi connectivity index (χ2v) is 6.54. The summed E-state index contributed by atoms with van der Waals surface area (Å²) in [5.74, 6) is 0. The zero-order valence-electron chi connectivity index (χ0n) is 15.0. The van der Waals surface area contributed by atoms with Gasteiger partial charge in [-0.3, -0.25) is 0 Å². The molecule has 0 atom stereocenters. The average molecular weight is 408 g/mol. The van der Waals surface area contributed by atoms with Gasteiger partial charge in [0.1, 0.15) is 6.54 Å². The number of hydrogen-bond donors (Lipinski definition) is 2. The van der Waals surface area contributed by atoms with E-state index in [9.17, 15) is 0 Å². The van der Waals surface area contributed by atoms with Crippen LogP contribution in [0.5, 0.6) is 0 Å². The highest BCUT2D eigenvalue weighted by Crippen LogP contribution is 2.33. The number of fused-ring (bicyclic) bond motifs is 3. The van der Waals surface area contributed by atoms with Gasteiger partial charge in [0.25, 0.3) is 0 Å². The number of hydrogen-bond acceptors (Lipinski definition) is 2. The zero-order valence-corrected chi connectivity index (χ0v) is 16.5. The summed E-state index contributed by atoms with van der Waals surface area (Å²) in [6, 6.07) is 20.9. The lowest BCUT2D eigenvalue weighted by atomic mass is 9.97. The molecule has 0 spiro atoms. The van der Waals surface area contributed by atoms with Crippen molar-refractivity contribution in [1.82, 2.24) is 0 Å². The predicted octanol–water partition coefficient (Wildman–Crippen LogP) is 1.44. The Balaban J connectivity index is 0.00000196. The van der Waals surface area contributed by atoms with Crippen LogP contribution in [-0.4, -0.2) is 0 Å². The molecule has 4 heteroatoms. The lowest BCUT2D eigenvalue weighted by Crippen LogP contribution is -3.00. The highest BCUT2D eigenvalue weighted by Gasteiger charge is 2.22. The molecule has 1 heterocycles. The van der Waals surface area contributed by atoms with E-state index in [0.29, 0.717) is 0 Å². The topological polar surface area (TPSA) is 55.9 Å². The minimum absolute atomic E-state index is 0. The molecule has 0 fully saturated rings. The van der Waals surface area contributed by atoms with E-state index in [1.54, 1.807) is 0 Å². The van der Waals surface area contributed by atoms with E-state index in [-0.39, 0.29) is 17.0 Å². The molecule has 3 aromatic carbocycles. The van der Waals surface area contributed by atoms with Crippen LogP contribution in [0.25, 0.3) is 32.9 Å². The maximum Gasteiger partial charge on any atom is 0.220 e. The number of aryl methyl sites for hydroxylation is 2. The number of halogens is 1. The Morgan fingerprint density at radius 1 is 0.769 bits per heavy atom. The van der Waals surface area contributed by atoms with Gasteiger partial charge in [-0.1, -0.05) is 23.8 Å². The second kappa shape index (κ2) is 6.96. The van der Waals surface area contributed by atoms with Crippen LogP contribution in [0.1, 0.15) is 12.5 Å². The molecule has 0 aliphatic carbocycles. The molecule has 0 bridgehead atoms. The number of pyridine rings is 1. The third-order valence-corrected chi connectivity index (χ3v) is 4.81. The normalized spacial score (nSPS) is 10.8. The molecule has 0 amide bonds. The first-order chi connectivity index (χ1) is 12.1. The van der Waals surface area contributed by atoms with Crippen molar-refractivity contribution < 1.29 is 21.5 Å². The molecule has 0 unspecified atom stereocenters. The van der Waals surface area contributed by atoms with Gasteiger partial charge in [0.05, 0.1) is 10.8 Å². The third-order valence-electron chi connectivity index (χ3n) is 4.81. The predicted molar refractivity (Wildman–Crippen MR) is 106 cm³/mol. The van der Waals surface area contributed by atoms with Crippen LogP contribution in [0.3, 0.4) is 0 Å². The van der Waals surface area contributed by atoms with Gasteiger partial charge >= 0.3 is 0 Å². The molecule has 4 aromatic rings. The molecule has 132 valence electrons. The first kappa shape index (κ1) is 18.2. The van der Waals surface area contributed by atoms with Gasteiger partial charge in [-0.15, -0.1) is 0 Å². The van der Waals surface area contributed by atoms with Crippen LogP contribution in [0, 0.1) is 6.92 Å². The molecule has 4 rings (SSSR count).